The Balaban J connectivity index is 2.40. The number of methoxy groups -OCH3 is 1. The van der Waals surface area contributed by atoms with E-state index in [-0.39, 0.29) is 16.3 Å². The fraction of sp³-hybridized carbons (Fsp3) is 0.143. The molecule has 0 atom stereocenters. The van der Waals surface area contributed by atoms with Gasteiger partial charge < -0.3 is 4.74 Å². The van der Waals surface area contributed by atoms with Gasteiger partial charge in [0.15, 0.2) is 4.98 Å². The number of ether oxygens (including phenoxy) is 1. The van der Waals surface area contributed by atoms with E-state index in [1.54, 1.807) is 25.1 Å². The summed E-state index contributed by atoms with van der Waals surface area (Å²) in [6, 6.07) is 8.55. The Morgan fingerprint density at radius 3 is 2.57 bits per heavy atom. The highest BCUT2D eigenvalue weighted by atomic mass is 32.2. The third-order valence-corrected chi connectivity index (χ3v) is 3.84. The van der Waals surface area contributed by atoms with Crippen LogP contribution in [-0.4, -0.2) is 20.1 Å². The van der Waals surface area contributed by atoms with Gasteiger partial charge in [-0.25, -0.2) is 0 Å². The Morgan fingerprint density at radius 2 is 1.96 bits per heavy atom. The number of azo groups is 1. The Bertz CT molecular complexity index is 917. The first-order valence-corrected chi connectivity index (χ1v) is 7.82. The summed E-state index contributed by atoms with van der Waals surface area (Å²) in [5.74, 6) is 0.318. The zero-order valence-electron chi connectivity index (χ0n) is 12.3. The van der Waals surface area contributed by atoms with Crippen molar-refractivity contribution in [2.75, 3.05) is 7.11 Å². The molecule has 8 nitrogen and oxygen atoms in total. The van der Waals surface area contributed by atoms with Crippen molar-refractivity contribution < 1.29 is 17.7 Å². The van der Waals surface area contributed by atoms with E-state index in [9.17, 15) is 8.42 Å². The lowest BCUT2D eigenvalue weighted by Gasteiger charge is -2.01. The number of nitrogens with zero attached hydrogens (tertiary/aromatic N) is 4. The molecule has 0 aliphatic heterocycles. The first kappa shape index (κ1) is 16.5. The summed E-state index contributed by atoms with van der Waals surface area (Å²) < 4.78 is 36.3. The van der Waals surface area contributed by atoms with Crippen molar-refractivity contribution in [2.45, 2.75) is 11.8 Å². The molecule has 0 aliphatic carbocycles. The van der Waals surface area contributed by atoms with Crippen molar-refractivity contribution in [3.63, 3.8) is 0 Å². The summed E-state index contributed by atoms with van der Waals surface area (Å²) in [4.78, 5) is 2.84. The summed E-state index contributed by atoms with van der Waals surface area (Å²) in [5, 5.41) is 16.9. The quantitative estimate of drug-likeness (QED) is 0.512. The number of hydrogen-bond acceptors (Lipinski definition) is 6. The van der Waals surface area contributed by atoms with Crippen molar-refractivity contribution in [1.29, 1.82) is 5.39 Å². The summed E-state index contributed by atoms with van der Waals surface area (Å²) >= 11 is 0. The van der Waals surface area contributed by atoms with Gasteiger partial charge in [-0.3, -0.25) is 4.55 Å². The second kappa shape index (κ2) is 6.51. The lowest BCUT2D eigenvalue weighted by atomic mass is 10.1. The van der Waals surface area contributed by atoms with Gasteiger partial charge in [0.1, 0.15) is 0 Å². The minimum Gasteiger partial charge on any atom is -0.489 e. The van der Waals surface area contributed by atoms with Crippen LogP contribution in [0.15, 0.2) is 51.5 Å². The van der Waals surface area contributed by atoms with Crippen molar-refractivity contribution >= 4 is 27.2 Å². The third kappa shape index (κ3) is 3.88. The van der Waals surface area contributed by atoms with Gasteiger partial charge in [-0.2, -0.15) is 18.6 Å². The average molecular weight is 333 g/mol. The van der Waals surface area contributed by atoms with Crippen LogP contribution < -0.4 is 4.74 Å². The van der Waals surface area contributed by atoms with Crippen LogP contribution in [0.25, 0.3) is 4.98 Å². The molecule has 0 bridgehead atoms. The third-order valence-electron chi connectivity index (χ3n) is 2.99. The highest BCUT2D eigenvalue weighted by Crippen LogP contribution is 2.35. The lowest BCUT2D eigenvalue weighted by molar-refractivity contribution is 0.417. The predicted molar refractivity (Wildman–Crippen MR) is 82.9 cm³/mol. The molecule has 23 heavy (non-hydrogen) atoms. The number of rotatable bonds is 4. The molecule has 9 heteroatoms. The van der Waals surface area contributed by atoms with Gasteiger partial charge in [-0.15, -0.1) is 0 Å². The maximum atomic E-state index is 11.1. The van der Waals surface area contributed by atoms with Crippen LogP contribution in [0, 0.1) is 12.3 Å². The van der Waals surface area contributed by atoms with E-state index < -0.39 is 10.1 Å². The van der Waals surface area contributed by atoms with Crippen molar-refractivity contribution in [3.05, 3.63) is 46.9 Å². The zero-order chi connectivity index (χ0) is 17.0. The van der Waals surface area contributed by atoms with E-state index in [0.29, 0.717) is 17.0 Å². The summed E-state index contributed by atoms with van der Waals surface area (Å²) in [6.45, 7) is 1.75. The van der Waals surface area contributed by atoms with Gasteiger partial charge >= 0.3 is 5.69 Å². The van der Waals surface area contributed by atoms with Crippen LogP contribution in [0.2, 0.25) is 0 Å². The normalized spacial score (nSPS) is 11.4. The molecule has 0 unspecified atom stereocenters. The van der Waals surface area contributed by atoms with E-state index in [2.05, 4.69) is 15.2 Å². The van der Waals surface area contributed by atoms with E-state index in [1.807, 2.05) is 0 Å². The molecule has 0 amide bonds. The summed E-state index contributed by atoms with van der Waals surface area (Å²) in [7, 11) is -2.87. The topological polar surface area (TPSA) is 116 Å². The van der Waals surface area contributed by atoms with Crippen molar-refractivity contribution in [2.24, 2.45) is 10.2 Å². The molecule has 2 rings (SSSR count). The fourth-order valence-corrected chi connectivity index (χ4v) is 2.35. The molecule has 1 N–H and O–H groups in total. The van der Waals surface area contributed by atoms with Gasteiger partial charge in [0.25, 0.3) is 10.1 Å². The van der Waals surface area contributed by atoms with Crippen LogP contribution in [-0.2, 0) is 10.1 Å². The number of aryl methyl sites for hydroxylation is 1. The second-order valence-electron chi connectivity index (χ2n) is 4.58. The van der Waals surface area contributed by atoms with Crippen LogP contribution in [0.1, 0.15) is 5.56 Å². The Kier molecular flexibility index (Phi) is 4.68. The highest BCUT2D eigenvalue weighted by Gasteiger charge is 2.17. The molecular formula is C14H13N4O4S+. The van der Waals surface area contributed by atoms with Crippen LogP contribution >= 0.6 is 0 Å². The van der Waals surface area contributed by atoms with E-state index in [0.717, 1.165) is 0 Å². The van der Waals surface area contributed by atoms with E-state index in [4.69, 9.17) is 14.7 Å². The molecule has 0 heterocycles. The second-order valence-corrected chi connectivity index (χ2v) is 6.00. The smallest absolute Gasteiger partial charge is 0.426 e. The Hall–Kier alpha value is -2.83. The molecule has 0 radical (unpaired) electrons. The highest BCUT2D eigenvalue weighted by molar-refractivity contribution is 7.85. The van der Waals surface area contributed by atoms with Crippen molar-refractivity contribution in [1.82, 2.24) is 0 Å². The first-order chi connectivity index (χ1) is 10.8. The zero-order valence-corrected chi connectivity index (χ0v) is 13.1. The number of benzene rings is 2. The molecule has 0 aromatic heterocycles. The molecule has 0 fully saturated rings. The maximum Gasteiger partial charge on any atom is 0.426 e. The minimum atomic E-state index is -4.30. The molecule has 2 aromatic carbocycles. The SMILES string of the molecule is COc1cc(N=Nc2cccc(S(=O)(=O)O)c2)c(C)cc1[N+]#N. The Labute approximate surface area is 132 Å². The molecule has 2 aromatic rings. The first-order valence-electron chi connectivity index (χ1n) is 6.38. The van der Waals surface area contributed by atoms with Gasteiger partial charge in [0, 0.05) is 12.1 Å². The predicted octanol–water partition coefficient (Wildman–Crippen LogP) is 4.15. The maximum absolute atomic E-state index is 11.1. The average Bonchev–Trinajstić information content (AvgIpc) is 2.52. The lowest BCUT2D eigenvalue weighted by Crippen LogP contribution is -1.96. The van der Waals surface area contributed by atoms with Gasteiger partial charge in [-0.05, 0) is 30.7 Å². The Morgan fingerprint density at radius 1 is 1.22 bits per heavy atom. The van der Waals surface area contributed by atoms with Crippen LogP contribution in [0.5, 0.6) is 5.75 Å². The standard InChI is InChI=1S/C14H12N4O4S/c1-9-6-13(16-15)14(22-2)8-12(9)18-17-10-4-3-5-11(7-10)23(19,20)21/h3-8H,1-2H3/p+1. The van der Waals surface area contributed by atoms with Crippen LogP contribution in [0.3, 0.4) is 0 Å². The minimum absolute atomic E-state index is 0.259. The van der Waals surface area contributed by atoms with Gasteiger partial charge in [0.05, 0.1) is 23.4 Å². The fourth-order valence-electron chi connectivity index (χ4n) is 1.83. The summed E-state index contributed by atoms with van der Waals surface area (Å²) in [5.41, 5.74) is 1.67. The molecule has 118 valence electrons. The van der Waals surface area contributed by atoms with Crippen molar-refractivity contribution in [3.8, 4) is 5.75 Å². The molecule has 0 aliphatic rings. The molecule has 0 spiro atoms. The van der Waals surface area contributed by atoms with Gasteiger partial charge in [0.2, 0.25) is 11.1 Å². The van der Waals surface area contributed by atoms with Crippen LogP contribution in [0.4, 0.5) is 17.1 Å². The largest absolute Gasteiger partial charge is 0.489 e. The molecular weight excluding hydrogens is 320 g/mol. The molecule has 0 saturated carbocycles. The number of diazo groups is 1. The summed E-state index contributed by atoms with van der Waals surface area (Å²) in [6.07, 6.45) is 0. The van der Waals surface area contributed by atoms with Gasteiger partial charge in [-0.1, -0.05) is 6.07 Å². The molecule has 0 saturated heterocycles. The monoisotopic (exact) mass is 333 g/mol. The van der Waals surface area contributed by atoms with E-state index >= 15 is 0 Å². The van der Waals surface area contributed by atoms with E-state index in [1.165, 1.54) is 25.3 Å². The number of hydrogen-bond donors (Lipinski definition) is 1.